The summed E-state index contributed by atoms with van der Waals surface area (Å²) in [6.45, 7) is 2.67. The molecule has 0 aliphatic heterocycles. The molecule has 1 unspecified atom stereocenters. The first-order chi connectivity index (χ1) is 9.52. The summed E-state index contributed by atoms with van der Waals surface area (Å²) in [5.74, 6) is -0.180. The first-order valence-corrected chi connectivity index (χ1v) is 7.63. The number of nitrogens with zero attached hydrogens (tertiary/aromatic N) is 1. The number of nitrogens with one attached hydrogen (secondary N) is 1. The predicted molar refractivity (Wildman–Crippen MR) is 85.3 cm³/mol. The van der Waals surface area contributed by atoms with Crippen LogP contribution in [0.4, 0.5) is 10.1 Å². The van der Waals surface area contributed by atoms with E-state index in [0.717, 1.165) is 14.9 Å². The van der Waals surface area contributed by atoms with Crippen molar-refractivity contribution >= 4 is 28.6 Å². The molecule has 0 saturated heterocycles. The number of hydrogen-bond donors (Lipinski definition) is 1. The maximum absolute atomic E-state index is 14.1. The molecule has 0 radical (unpaired) electrons. The molecule has 1 atom stereocenters. The highest BCUT2D eigenvalue weighted by molar-refractivity contribution is 7.16. The van der Waals surface area contributed by atoms with Crippen LogP contribution in [0.3, 0.4) is 0 Å². The Morgan fingerprint density at radius 2 is 2.10 bits per heavy atom. The van der Waals surface area contributed by atoms with E-state index >= 15 is 0 Å². The van der Waals surface area contributed by atoms with Crippen LogP contribution < -0.4 is 10.2 Å². The highest BCUT2D eigenvalue weighted by atomic mass is 35.5. The van der Waals surface area contributed by atoms with Gasteiger partial charge in [-0.2, -0.15) is 0 Å². The molecule has 5 heteroatoms. The van der Waals surface area contributed by atoms with Gasteiger partial charge >= 0.3 is 0 Å². The van der Waals surface area contributed by atoms with E-state index in [4.69, 9.17) is 11.6 Å². The largest absolute Gasteiger partial charge is 0.369 e. The van der Waals surface area contributed by atoms with Crippen molar-refractivity contribution in [2.45, 2.75) is 19.5 Å². The number of halogens is 2. The van der Waals surface area contributed by atoms with E-state index in [-0.39, 0.29) is 11.9 Å². The standard InChI is InChI=1S/C15H18ClFN2S/c1-10(18-2)15-12(17)5-4-6-13(15)19(3)9-11-7-8-14(16)20-11/h4-8,10,18H,9H2,1-3H3. The molecule has 0 saturated carbocycles. The van der Waals surface area contributed by atoms with Crippen molar-refractivity contribution in [3.8, 4) is 0 Å². The summed E-state index contributed by atoms with van der Waals surface area (Å²) in [4.78, 5) is 3.21. The van der Waals surface area contributed by atoms with Crippen LogP contribution in [0.5, 0.6) is 0 Å². The van der Waals surface area contributed by atoms with Crippen LogP contribution in [-0.4, -0.2) is 14.1 Å². The lowest BCUT2D eigenvalue weighted by atomic mass is 10.0. The molecule has 0 aliphatic rings. The van der Waals surface area contributed by atoms with Gasteiger partial charge in [0, 0.05) is 29.2 Å². The summed E-state index contributed by atoms with van der Waals surface area (Å²) >= 11 is 7.50. The van der Waals surface area contributed by atoms with E-state index < -0.39 is 0 Å². The molecule has 20 heavy (non-hydrogen) atoms. The van der Waals surface area contributed by atoms with Gasteiger partial charge in [0.25, 0.3) is 0 Å². The second kappa shape index (κ2) is 6.57. The number of hydrogen-bond acceptors (Lipinski definition) is 3. The minimum atomic E-state index is -0.180. The Hall–Kier alpha value is -1.10. The molecule has 2 aromatic rings. The van der Waals surface area contributed by atoms with Crippen LogP contribution in [0, 0.1) is 5.82 Å². The first kappa shape index (κ1) is 15.3. The molecule has 2 nitrogen and oxygen atoms in total. The van der Waals surface area contributed by atoms with Gasteiger partial charge in [-0.15, -0.1) is 11.3 Å². The van der Waals surface area contributed by atoms with Gasteiger partial charge in [0.1, 0.15) is 5.82 Å². The molecular weight excluding hydrogens is 295 g/mol. The number of thiophene rings is 1. The molecule has 1 N–H and O–H groups in total. The molecule has 2 rings (SSSR count). The molecule has 0 amide bonds. The Bertz CT molecular complexity index is 585. The van der Waals surface area contributed by atoms with Gasteiger partial charge in [-0.25, -0.2) is 4.39 Å². The first-order valence-electron chi connectivity index (χ1n) is 6.44. The van der Waals surface area contributed by atoms with E-state index in [1.165, 1.54) is 6.07 Å². The lowest BCUT2D eigenvalue weighted by molar-refractivity contribution is 0.561. The third kappa shape index (κ3) is 3.32. The zero-order valence-corrected chi connectivity index (χ0v) is 13.4. The van der Waals surface area contributed by atoms with Gasteiger partial charge in [0.05, 0.1) is 10.9 Å². The topological polar surface area (TPSA) is 15.3 Å². The molecule has 1 heterocycles. The second-order valence-electron chi connectivity index (χ2n) is 4.74. The Morgan fingerprint density at radius 1 is 1.35 bits per heavy atom. The van der Waals surface area contributed by atoms with Gasteiger partial charge in [-0.05, 0) is 38.2 Å². The summed E-state index contributed by atoms with van der Waals surface area (Å²) in [5, 5.41) is 3.10. The average molecular weight is 313 g/mol. The molecule has 0 aliphatic carbocycles. The van der Waals surface area contributed by atoms with Gasteiger partial charge in [0.15, 0.2) is 0 Å². The predicted octanol–water partition coefficient (Wildman–Crippen LogP) is 4.46. The smallest absolute Gasteiger partial charge is 0.130 e. The minimum Gasteiger partial charge on any atom is -0.369 e. The van der Waals surface area contributed by atoms with E-state index in [0.29, 0.717) is 12.1 Å². The fourth-order valence-corrected chi connectivity index (χ4v) is 3.33. The zero-order chi connectivity index (χ0) is 14.7. The van der Waals surface area contributed by atoms with Crippen molar-refractivity contribution < 1.29 is 4.39 Å². The molecule has 0 fully saturated rings. The van der Waals surface area contributed by atoms with E-state index in [2.05, 4.69) is 10.2 Å². The van der Waals surface area contributed by atoms with Crippen LogP contribution >= 0.6 is 22.9 Å². The van der Waals surface area contributed by atoms with Crippen LogP contribution in [0.1, 0.15) is 23.4 Å². The van der Waals surface area contributed by atoms with Crippen molar-refractivity contribution in [2.75, 3.05) is 19.0 Å². The number of anilines is 1. The molecule has 1 aromatic heterocycles. The van der Waals surface area contributed by atoms with Gasteiger partial charge < -0.3 is 10.2 Å². The van der Waals surface area contributed by atoms with E-state index in [1.807, 2.05) is 39.2 Å². The van der Waals surface area contributed by atoms with Crippen LogP contribution in [0.25, 0.3) is 0 Å². The molecule has 1 aromatic carbocycles. The lowest BCUT2D eigenvalue weighted by Crippen LogP contribution is -2.22. The van der Waals surface area contributed by atoms with Crippen LogP contribution in [0.15, 0.2) is 30.3 Å². The zero-order valence-electron chi connectivity index (χ0n) is 11.8. The SMILES string of the molecule is CNC(C)c1c(F)cccc1N(C)Cc1ccc(Cl)s1. The fourth-order valence-electron chi connectivity index (χ4n) is 2.19. The van der Waals surface area contributed by atoms with Crippen LogP contribution in [0.2, 0.25) is 4.34 Å². The van der Waals surface area contributed by atoms with E-state index in [1.54, 1.807) is 17.4 Å². The van der Waals surface area contributed by atoms with Crippen molar-refractivity contribution in [1.29, 1.82) is 0 Å². The van der Waals surface area contributed by atoms with Crippen molar-refractivity contribution in [3.05, 3.63) is 50.9 Å². The maximum Gasteiger partial charge on any atom is 0.130 e. The minimum absolute atomic E-state index is 0.0411. The van der Waals surface area contributed by atoms with Crippen LogP contribution in [-0.2, 0) is 6.54 Å². The monoisotopic (exact) mass is 312 g/mol. The Morgan fingerprint density at radius 3 is 2.70 bits per heavy atom. The second-order valence-corrected chi connectivity index (χ2v) is 6.54. The molecule has 108 valence electrons. The lowest BCUT2D eigenvalue weighted by Gasteiger charge is -2.25. The van der Waals surface area contributed by atoms with Crippen molar-refractivity contribution in [3.63, 3.8) is 0 Å². The Balaban J connectivity index is 2.29. The number of rotatable bonds is 5. The normalized spacial score (nSPS) is 12.4. The summed E-state index contributed by atoms with van der Waals surface area (Å²) in [7, 11) is 3.80. The van der Waals surface area contributed by atoms with Gasteiger partial charge in [-0.1, -0.05) is 17.7 Å². The highest BCUT2D eigenvalue weighted by Crippen LogP contribution is 2.30. The summed E-state index contributed by atoms with van der Waals surface area (Å²) in [6.07, 6.45) is 0. The highest BCUT2D eigenvalue weighted by Gasteiger charge is 2.17. The van der Waals surface area contributed by atoms with Crippen molar-refractivity contribution in [2.24, 2.45) is 0 Å². The molecule has 0 spiro atoms. The van der Waals surface area contributed by atoms with Gasteiger partial charge in [-0.3, -0.25) is 0 Å². The van der Waals surface area contributed by atoms with Crippen molar-refractivity contribution in [1.82, 2.24) is 5.32 Å². The average Bonchev–Trinajstić information content (AvgIpc) is 2.83. The third-order valence-corrected chi connectivity index (χ3v) is 4.54. The number of benzene rings is 1. The Labute approximate surface area is 128 Å². The fraction of sp³-hybridized carbons (Fsp3) is 0.333. The summed E-state index contributed by atoms with van der Waals surface area (Å²) < 4.78 is 14.9. The molecular formula is C15H18ClFN2S. The summed E-state index contributed by atoms with van der Waals surface area (Å²) in [5.41, 5.74) is 1.59. The third-order valence-electron chi connectivity index (χ3n) is 3.33. The van der Waals surface area contributed by atoms with Gasteiger partial charge in [0.2, 0.25) is 0 Å². The summed E-state index contributed by atoms with van der Waals surface area (Å²) in [6, 6.07) is 9.04. The Kier molecular flexibility index (Phi) is 5.02. The quantitative estimate of drug-likeness (QED) is 0.877. The van der Waals surface area contributed by atoms with E-state index in [9.17, 15) is 4.39 Å². The maximum atomic E-state index is 14.1. The molecule has 0 bridgehead atoms.